The number of rotatable bonds is 6. The van der Waals surface area contributed by atoms with Gasteiger partial charge >= 0.3 is 0 Å². The molecule has 3 aliphatic heterocycles. The maximum atomic E-state index is 13.2. The molecule has 2 aromatic rings. The van der Waals surface area contributed by atoms with Gasteiger partial charge in [-0.2, -0.15) is 5.10 Å². The largest absolute Gasteiger partial charge is 0.322 e. The van der Waals surface area contributed by atoms with E-state index in [1.807, 2.05) is 18.2 Å². The van der Waals surface area contributed by atoms with Crippen molar-refractivity contribution in [2.45, 2.75) is 57.4 Å². The summed E-state index contributed by atoms with van der Waals surface area (Å²) in [6.07, 6.45) is 2.77. The zero-order chi connectivity index (χ0) is 23.7. The third kappa shape index (κ3) is 4.68. The zero-order valence-electron chi connectivity index (χ0n) is 18.8. The fourth-order valence-electron chi connectivity index (χ4n) is 5.11. The van der Waals surface area contributed by atoms with Crippen LogP contribution >= 0.6 is 11.6 Å². The van der Waals surface area contributed by atoms with E-state index in [0.29, 0.717) is 42.8 Å². The molecule has 5 rings (SSSR count). The Balaban J connectivity index is 1.39. The minimum atomic E-state index is -0.617. The van der Waals surface area contributed by atoms with Gasteiger partial charge in [-0.3, -0.25) is 24.6 Å². The molecule has 0 spiro atoms. The van der Waals surface area contributed by atoms with E-state index >= 15 is 0 Å². The minimum absolute atomic E-state index is 0.152. The van der Waals surface area contributed by atoms with Crippen molar-refractivity contribution in [1.82, 2.24) is 30.6 Å². The van der Waals surface area contributed by atoms with Gasteiger partial charge in [-0.05, 0) is 55.1 Å². The first-order chi connectivity index (χ1) is 16.5. The van der Waals surface area contributed by atoms with Crippen molar-refractivity contribution in [2.75, 3.05) is 13.1 Å². The second kappa shape index (κ2) is 9.77. The van der Waals surface area contributed by atoms with Crippen LogP contribution in [0, 0.1) is 0 Å². The maximum absolute atomic E-state index is 13.2. The van der Waals surface area contributed by atoms with E-state index in [-0.39, 0.29) is 18.2 Å². The molecule has 2 fully saturated rings. The Bertz CT molecular complexity index is 1100. The number of imide groups is 1. The number of piperidine rings is 2. The number of nitrogens with one attached hydrogen (secondary N) is 2. The van der Waals surface area contributed by atoms with Gasteiger partial charge in [0.05, 0.1) is 5.69 Å². The van der Waals surface area contributed by atoms with Gasteiger partial charge in [-0.25, -0.2) is 0 Å². The van der Waals surface area contributed by atoms with E-state index in [1.54, 1.807) is 11.0 Å². The highest BCUT2D eigenvalue weighted by molar-refractivity contribution is 6.29. The van der Waals surface area contributed by atoms with Crippen LogP contribution in [0.5, 0.6) is 0 Å². The third-order valence-corrected chi connectivity index (χ3v) is 7.09. The molecule has 3 aliphatic rings. The molecule has 3 amide bonds. The van der Waals surface area contributed by atoms with E-state index in [0.717, 1.165) is 42.8 Å². The molecular formula is C24H27ClN6O3. The van der Waals surface area contributed by atoms with Crippen molar-refractivity contribution in [2.24, 2.45) is 0 Å². The van der Waals surface area contributed by atoms with Crippen molar-refractivity contribution in [1.29, 1.82) is 0 Å². The van der Waals surface area contributed by atoms with Crippen LogP contribution in [-0.2, 0) is 29.2 Å². The molecule has 9 nitrogen and oxygen atoms in total. The Morgan fingerprint density at radius 1 is 1.09 bits per heavy atom. The normalized spacial score (nSPS) is 22.8. The molecule has 34 heavy (non-hydrogen) atoms. The quantitative estimate of drug-likeness (QED) is 0.603. The summed E-state index contributed by atoms with van der Waals surface area (Å²) in [6, 6.07) is 9.12. The smallest absolute Gasteiger partial charge is 0.255 e. The Labute approximate surface area is 202 Å². The molecule has 10 heteroatoms. The molecule has 1 aromatic carbocycles. The first kappa shape index (κ1) is 22.9. The van der Waals surface area contributed by atoms with Gasteiger partial charge < -0.3 is 10.2 Å². The lowest BCUT2D eigenvalue weighted by atomic mass is 10.00. The summed E-state index contributed by atoms with van der Waals surface area (Å²) in [5.74, 6) is -0.830. The topological polar surface area (TPSA) is 108 Å². The highest BCUT2D eigenvalue weighted by atomic mass is 35.5. The lowest BCUT2D eigenvalue weighted by Gasteiger charge is -2.35. The molecule has 2 unspecified atom stereocenters. The second-order valence-electron chi connectivity index (χ2n) is 9.10. The zero-order valence-corrected chi connectivity index (χ0v) is 19.6. The highest BCUT2D eigenvalue weighted by Crippen LogP contribution is 2.31. The monoisotopic (exact) mass is 482 g/mol. The summed E-state index contributed by atoms with van der Waals surface area (Å²) < 4.78 is 0. The van der Waals surface area contributed by atoms with Crippen molar-refractivity contribution >= 4 is 29.3 Å². The van der Waals surface area contributed by atoms with Gasteiger partial charge in [0.1, 0.15) is 6.04 Å². The van der Waals surface area contributed by atoms with Crippen LogP contribution in [0.3, 0.4) is 0 Å². The van der Waals surface area contributed by atoms with Crippen molar-refractivity contribution in [3.63, 3.8) is 0 Å². The average Bonchev–Trinajstić information content (AvgIpc) is 3.18. The number of aromatic nitrogens is 2. The van der Waals surface area contributed by atoms with Crippen LogP contribution in [0.4, 0.5) is 0 Å². The van der Waals surface area contributed by atoms with E-state index in [2.05, 4.69) is 31.8 Å². The Morgan fingerprint density at radius 2 is 1.97 bits per heavy atom. The lowest BCUT2D eigenvalue weighted by Crippen LogP contribution is -2.52. The molecule has 2 N–H and O–H groups in total. The van der Waals surface area contributed by atoms with Crippen molar-refractivity contribution in [3.8, 4) is 0 Å². The first-order valence-corrected chi connectivity index (χ1v) is 12.1. The van der Waals surface area contributed by atoms with Crippen LogP contribution < -0.4 is 10.6 Å². The fraction of sp³-hybridized carbons (Fsp3) is 0.458. The molecule has 1 aromatic heterocycles. The summed E-state index contributed by atoms with van der Waals surface area (Å²) >= 11 is 5.92. The van der Waals surface area contributed by atoms with Crippen molar-refractivity contribution < 1.29 is 14.4 Å². The molecule has 2 atom stereocenters. The van der Waals surface area contributed by atoms with Crippen LogP contribution in [0.15, 0.2) is 30.3 Å². The number of hydrogen-bond donors (Lipinski definition) is 2. The Hall–Kier alpha value is -2.88. The van der Waals surface area contributed by atoms with Gasteiger partial charge in [0.25, 0.3) is 5.91 Å². The number of hydrogen-bond acceptors (Lipinski definition) is 7. The first-order valence-electron chi connectivity index (χ1n) is 11.7. The van der Waals surface area contributed by atoms with E-state index in [4.69, 9.17) is 11.6 Å². The molecule has 0 radical (unpaired) electrons. The summed E-state index contributed by atoms with van der Waals surface area (Å²) in [4.78, 5) is 41.2. The van der Waals surface area contributed by atoms with Gasteiger partial charge in [0.15, 0.2) is 5.15 Å². The number of fused-ring (bicyclic) bond motifs is 1. The molecular weight excluding hydrogens is 456 g/mol. The van der Waals surface area contributed by atoms with E-state index in [1.165, 1.54) is 0 Å². The average molecular weight is 483 g/mol. The molecule has 4 heterocycles. The number of carbonyl (C=O) groups is 3. The summed E-state index contributed by atoms with van der Waals surface area (Å²) in [6.45, 7) is 3.54. The molecule has 178 valence electrons. The van der Waals surface area contributed by atoms with Crippen LogP contribution in [0.25, 0.3) is 0 Å². The Morgan fingerprint density at radius 3 is 2.71 bits per heavy atom. The Kier molecular flexibility index (Phi) is 6.58. The van der Waals surface area contributed by atoms with Crippen molar-refractivity contribution in [3.05, 3.63) is 57.9 Å². The summed E-state index contributed by atoms with van der Waals surface area (Å²) in [5, 5.41) is 14.4. The van der Waals surface area contributed by atoms with Gasteiger partial charge in [-0.1, -0.05) is 23.7 Å². The maximum Gasteiger partial charge on any atom is 0.255 e. The predicted octanol–water partition coefficient (Wildman–Crippen LogP) is 1.65. The van der Waals surface area contributed by atoms with Gasteiger partial charge in [0.2, 0.25) is 11.8 Å². The summed E-state index contributed by atoms with van der Waals surface area (Å²) in [7, 11) is 0. The number of nitrogens with zero attached hydrogens (tertiary/aromatic N) is 4. The third-order valence-electron chi connectivity index (χ3n) is 6.89. The fourth-order valence-corrected chi connectivity index (χ4v) is 5.21. The number of halogens is 1. The van der Waals surface area contributed by atoms with Crippen LogP contribution in [0.1, 0.15) is 52.9 Å². The molecule has 0 bridgehead atoms. The number of amides is 3. The summed E-state index contributed by atoms with van der Waals surface area (Å²) in [5.41, 5.74) is 3.49. The van der Waals surface area contributed by atoms with Crippen LogP contribution in [-0.4, -0.2) is 62.9 Å². The number of carbonyl (C=O) groups excluding carboxylic acids is 3. The van der Waals surface area contributed by atoms with E-state index in [9.17, 15) is 14.4 Å². The van der Waals surface area contributed by atoms with E-state index < -0.39 is 11.9 Å². The SMILES string of the molecule is O=C1CCC(N2Cc3c(CN(Cc4ccc(Cl)nn4)C4CCCNC4)cccc3C2=O)C(=O)N1. The highest BCUT2D eigenvalue weighted by Gasteiger charge is 2.40. The van der Waals surface area contributed by atoms with Gasteiger partial charge in [0, 0.05) is 44.2 Å². The lowest BCUT2D eigenvalue weighted by molar-refractivity contribution is -0.136. The number of benzene rings is 1. The molecule has 0 saturated carbocycles. The van der Waals surface area contributed by atoms with Crippen LogP contribution in [0.2, 0.25) is 5.15 Å². The van der Waals surface area contributed by atoms with Gasteiger partial charge in [-0.15, -0.1) is 5.10 Å². The predicted molar refractivity (Wildman–Crippen MR) is 125 cm³/mol. The second-order valence-corrected chi connectivity index (χ2v) is 9.48. The molecule has 2 saturated heterocycles. The molecule has 0 aliphatic carbocycles. The standard InChI is InChI=1S/C24H27ClN6O3/c25-21-8-6-16(28-29-21)13-30(17-4-2-10-26-11-17)12-15-3-1-5-18-19(15)14-31(24(18)34)20-7-9-22(32)27-23(20)33/h1,3,5-6,8,17,20,26H,2,4,7,9-14H2,(H,27,32,33). The minimum Gasteiger partial charge on any atom is -0.322 e.